The summed E-state index contributed by atoms with van der Waals surface area (Å²) in [7, 11) is 0. The predicted molar refractivity (Wildman–Crippen MR) is 151 cm³/mol. The quantitative estimate of drug-likeness (QED) is 0.215. The molecule has 0 spiro atoms. The van der Waals surface area contributed by atoms with Crippen LogP contribution in [-0.4, -0.2) is 79.0 Å². The Morgan fingerprint density at radius 2 is 1.06 bits per heavy atom. The zero-order valence-corrected chi connectivity index (χ0v) is 23.6. The number of carbonyl (C=O) groups excluding carboxylic acids is 2. The summed E-state index contributed by atoms with van der Waals surface area (Å²) in [5, 5.41) is 5.95. The SMILES string of the molecule is CCCCN(CCCC)CCCNC(=O)c1ccc(C(=O)NCCCN(CCCC)CCCC)nc1. The first-order valence-electron chi connectivity index (χ1n) is 14.5. The number of aromatic nitrogens is 1. The highest BCUT2D eigenvalue weighted by molar-refractivity contribution is 5.96. The van der Waals surface area contributed by atoms with E-state index < -0.39 is 0 Å². The molecule has 0 saturated heterocycles. The molecule has 36 heavy (non-hydrogen) atoms. The number of carbonyl (C=O) groups is 2. The molecule has 0 fully saturated rings. The van der Waals surface area contributed by atoms with E-state index in [4.69, 9.17) is 0 Å². The Morgan fingerprint density at radius 1 is 0.639 bits per heavy atom. The van der Waals surface area contributed by atoms with Crippen LogP contribution in [-0.2, 0) is 0 Å². The first-order chi connectivity index (χ1) is 17.5. The van der Waals surface area contributed by atoms with Gasteiger partial charge in [-0.25, -0.2) is 0 Å². The highest BCUT2D eigenvalue weighted by Crippen LogP contribution is 2.04. The van der Waals surface area contributed by atoms with E-state index in [1.54, 1.807) is 12.1 Å². The van der Waals surface area contributed by atoms with Gasteiger partial charge in [0.05, 0.1) is 5.56 Å². The maximum atomic E-state index is 12.5. The topological polar surface area (TPSA) is 77.6 Å². The predicted octanol–water partition coefficient (Wildman–Crippen LogP) is 5.13. The maximum absolute atomic E-state index is 12.5. The molecule has 206 valence electrons. The van der Waals surface area contributed by atoms with Crippen LogP contribution in [0.2, 0.25) is 0 Å². The van der Waals surface area contributed by atoms with Crippen molar-refractivity contribution >= 4 is 11.8 Å². The van der Waals surface area contributed by atoms with Crippen molar-refractivity contribution in [3.8, 4) is 0 Å². The third kappa shape index (κ3) is 14.5. The second kappa shape index (κ2) is 21.1. The molecule has 2 amide bonds. The molecule has 0 bridgehead atoms. The van der Waals surface area contributed by atoms with Crippen LogP contribution in [0.5, 0.6) is 0 Å². The highest BCUT2D eigenvalue weighted by atomic mass is 16.2. The molecular formula is C29H53N5O2. The average molecular weight is 504 g/mol. The van der Waals surface area contributed by atoms with Crippen LogP contribution in [0.15, 0.2) is 18.3 Å². The molecule has 0 aliphatic carbocycles. The van der Waals surface area contributed by atoms with Crippen LogP contribution in [0.1, 0.15) is 113 Å². The van der Waals surface area contributed by atoms with Gasteiger partial charge in [-0.15, -0.1) is 0 Å². The van der Waals surface area contributed by atoms with Gasteiger partial charge in [0.25, 0.3) is 11.8 Å². The second-order valence-corrected chi connectivity index (χ2v) is 9.75. The Labute approximate surface area is 220 Å². The normalized spacial score (nSPS) is 11.3. The van der Waals surface area contributed by atoms with Crippen molar-refractivity contribution in [2.24, 2.45) is 0 Å². The van der Waals surface area contributed by atoms with Crippen molar-refractivity contribution in [3.05, 3.63) is 29.6 Å². The minimum Gasteiger partial charge on any atom is -0.352 e. The molecule has 0 aliphatic rings. The van der Waals surface area contributed by atoms with Gasteiger partial charge in [-0.05, 0) is 89.9 Å². The Bertz CT molecular complexity index is 620. The Kier molecular flexibility index (Phi) is 18.8. The van der Waals surface area contributed by atoms with E-state index in [0.717, 1.165) is 52.1 Å². The van der Waals surface area contributed by atoms with Gasteiger partial charge in [-0.2, -0.15) is 0 Å². The molecule has 0 atom stereocenters. The van der Waals surface area contributed by atoms with E-state index in [9.17, 15) is 9.59 Å². The minimum atomic E-state index is -0.185. The smallest absolute Gasteiger partial charge is 0.269 e. The van der Waals surface area contributed by atoms with E-state index >= 15 is 0 Å². The molecule has 0 radical (unpaired) electrons. The number of hydrogen-bond acceptors (Lipinski definition) is 5. The number of rotatable bonds is 22. The minimum absolute atomic E-state index is 0.137. The lowest BCUT2D eigenvalue weighted by Gasteiger charge is -2.22. The molecule has 7 heteroatoms. The molecule has 7 nitrogen and oxygen atoms in total. The van der Waals surface area contributed by atoms with Crippen LogP contribution in [0, 0.1) is 0 Å². The van der Waals surface area contributed by atoms with Gasteiger partial charge < -0.3 is 20.4 Å². The fourth-order valence-electron chi connectivity index (χ4n) is 4.06. The molecule has 0 aliphatic heterocycles. The van der Waals surface area contributed by atoms with Crippen LogP contribution >= 0.6 is 0 Å². The average Bonchev–Trinajstić information content (AvgIpc) is 2.90. The highest BCUT2D eigenvalue weighted by Gasteiger charge is 2.11. The lowest BCUT2D eigenvalue weighted by atomic mass is 10.2. The van der Waals surface area contributed by atoms with Gasteiger partial charge in [0.1, 0.15) is 5.69 Å². The monoisotopic (exact) mass is 503 g/mol. The van der Waals surface area contributed by atoms with Crippen molar-refractivity contribution in [3.63, 3.8) is 0 Å². The summed E-state index contributed by atoms with van der Waals surface area (Å²) in [5.74, 6) is -0.322. The second-order valence-electron chi connectivity index (χ2n) is 9.75. The maximum Gasteiger partial charge on any atom is 0.269 e. The molecule has 1 aromatic rings. The Morgan fingerprint density at radius 3 is 1.44 bits per heavy atom. The first-order valence-corrected chi connectivity index (χ1v) is 14.5. The first kappa shape index (κ1) is 32.0. The third-order valence-electron chi connectivity index (χ3n) is 6.44. The summed E-state index contributed by atoms with van der Waals surface area (Å²) in [5.41, 5.74) is 0.839. The zero-order chi connectivity index (χ0) is 26.4. The number of hydrogen-bond donors (Lipinski definition) is 2. The lowest BCUT2D eigenvalue weighted by Crippen LogP contribution is -2.32. The Hall–Kier alpha value is -1.99. The number of nitrogens with one attached hydrogen (secondary N) is 2. The van der Waals surface area contributed by atoms with Crippen LogP contribution in [0.4, 0.5) is 0 Å². The van der Waals surface area contributed by atoms with E-state index in [-0.39, 0.29) is 11.8 Å². The molecule has 1 rings (SSSR count). The number of pyridine rings is 1. The third-order valence-corrected chi connectivity index (χ3v) is 6.44. The van der Waals surface area contributed by atoms with E-state index in [2.05, 4.69) is 53.1 Å². The largest absolute Gasteiger partial charge is 0.352 e. The van der Waals surface area contributed by atoms with Crippen molar-refractivity contribution in [2.75, 3.05) is 52.4 Å². The van der Waals surface area contributed by atoms with Gasteiger partial charge in [-0.3, -0.25) is 14.6 Å². The summed E-state index contributed by atoms with van der Waals surface area (Å²) in [6.07, 6.45) is 13.0. The van der Waals surface area contributed by atoms with E-state index in [1.807, 2.05) is 0 Å². The molecule has 1 heterocycles. The van der Waals surface area contributed by atoms with Gasteiger partial charge in [0, 0.05) is 19.3 Å². The van der Waals surface area contributed by atoms with Crippen molar-refractivity contribution in [1.82, 2.24) is 25.4 Å². The number of nitrogens with zero attached hydrogens (tertiary/aromatic N) is 3. The van der Waals surface area contributed by atoms with Gasteiger partial charge in [-0.1, -0.05) is 53.4 Å². The van der Waals surface area contributed by atoms with Crippen molar-refractivity contribution in [2.45, 2.75) is 91.9 Å². The molecule has 0 unspecified atom stereocenters. The molecule has 0 saturated carbocycles. The standard InChI is InChI=1S/C29H53N5O2/c1-5-9-19-33(20-10-6-2)23-13-17-30-28(35)26-15-16-27(32-25-26)29(36)31-18-14-24-34(21-11-7-3)22-12-8-4/h15-16,25H,5-14,17-24H2,1-4H3,(H,30,35)(H,31,36). The molecular weight excluding hydrogens is 450 g/mol. The number of unbranched alkanes of at least 4 members (excludes halogenated alkanes) is 4. The van der Waals surface area contributed by atoms with E-state index in [0.29, 0.717) is 24.3 Å². The Balaban J connectivity index is 2.36. The van der Waals surface area contributed by atoms with Crippen LogP contribution in [0.25, 0.3) is 0 Å². The summed E-state index contributed by atoms with van der Waals surface area (Å²) < 4.78 is 0. The van der Waals surface area contributed by atoms with Crippen LogP contribution in [0.3, 0.4) is 0 Å². The molecule has 2 N–H and O–H groups in total. The van der Waals surface area contributed by atoms with Crippen LogP contribution < -0.4 is 10.6 Å². The molecule has 1 aromatic heterocycles. The zero-order valence-electron chi connectivity index (χ0n) is 23.6. The fraction of sp³-hybridized carbons (Fsp3) is 0.759. The van der Waals surface area contributed by atoms with Gasteiger partial charge >= 0.3 is 0 Å². The van der Waals surface area contributed by atoms with E-state index in [1.165, 1.54) is 57.6 Å². The van der Waals surface area contributed by atoms with Gasteiger partial charge in [0.15, 0.2) is 0 Å². The van der Waals surface area contributed by atoms with Gasteiger partial charge in [0.2, 0.25) is 0 Å². The molecule has 0 aromatic carbocycles. The van der Waals surface area contributed by atoms with Crippen molar-refractivity contribution in [1.29, 1.82) is 0 Å². The summed E-state index contributed by atoms with van der Waals surface area (Å²) in [4.78, 5) is 34.1. The van der Waals surface area contributed by atoms with Crippen molar-refractivity contribution < 1.29 is 9.59 Å². The number of amides is 2. The fourth-order valence-corrected chi connectivity index (χ4v) is 4.06. The summed E-state index contributed by atoms with van der Waals surface area (Å²) >= 11 is 0. The lowest BCUT2D eigenvalue weighted by molar-refractivity contribution is 0.0935. The summed E-state index contributed by atoms with van der Waals surface area (Å²) in [6, 6.07) is 3.32. The summed E-state index contributed by atoms with van der Waals surface area (Å²) in [6.45, 7) is 16.7.